The van der Waals surface area contributed by atoms with Crippen LogP contribution in [0.5, 0.6) is 0 Å². The highest BCUT2D eigenvalue weighted by Gasteiger charge is 2.19. The van der Waals surface area contributed by atoms with Crippen LogP contribution in [-0.2, 0) is 4.74 Å². The van der Waals surface area contributed by atoms with Crippen molar-refractivity contribution in [3.8, 4) is 0 Å². The second kappa shape index (κ2) is 7.05. The van der Waals surface area contributed by atoms with E-state index >= 15 is 0 Å². The Kier molecular flexibility index (Phi) is 4.66. The van der Waals surface area contributed by atoms with E-state index in [1.165, 1.54) is 12.4 Å². The molecule has 1 aliphatic heterocycles. The normalized spacial score (nSPS) is 14.2. The molecule has 8 nitrogen and oxygen atoms in total. The summed E-state index contributed by atoms with van der Waals surface area (Å²) in [5.74, 6) is -0.513. The van der Waals surface area contributed by atoms with Gasteiger partial charge >= 0.3 is 0 Å². The molecule has 0 unspecified atom stereocenters. The molecule has 1 aromatic carbocycles. The number of carbonyl (C=O) groups is 2. The van der Waals surface area contributed by atoms with Gasteiger partial charge in [-0.25, -0.2) is 9.97 Å². The summed E-state index contributed by atoms with van der Waals surface area (Å²) in [6, 6.07) is 6.75. The number of ether oxygens (including phenoxy) is 1. The van der Waals surface area contributed by atoms with Crippen LogP contribution in [0.15, 0.2) is 36.7 Å². The quantitative estimate of drug-likeness (QED) is 0.862. The van der Waals surface area contributed by atoms with E-state index < -0.39 is 5.91 Å². The first kappa shape index (κ1) is 15.9. The van der Waals surface area contributed by atoms with Gasteiger partial charge in [-0.05, 0) is 18.2 Å². The highest BCUT2D eigenvalue weighted by atomic mass is 16.5. The summed E-state index contributed by atoms with van der Waals surface area (Å²) in [4.78, 5) is 34.2. The molecule has 3 rings (SSSR count). The summed E-state index contributed by atoms with van der Waals surface area (Å²) in [6.45, 7) is 2.19. The minimum absolute atomic E-state index is 0.0439. The Morgan fingerprint density at radius 2 is 1.92 bits per heavy atom. The number of nitrogens with one attached hydrogen (secondary N) is 1. The minimum atomic E-state index is -0.475. The van der Waals surface area contributed by atoms with Gasteiger partial charge in [0.1, 0.15) is 0 Å². The Bertz CT molecular complexity index is 759. The summed E-state index contributed by atoms with van der Waals surface area (Å²) in [6.07, 6.45) is 2.80. The van der Waals surface area contributed by atoms with Crippen molar-refractivity contribution in [3.63, 3.8) is 0 Å². The largest absolute Gasteiger partial charge is 0.382 e. The highest BCUT2D eigenvalue weighted by Crippen LogP contribution is 2.15. The molecule has 0 atom stereocenters. The van der Waals surface area contributed by atoms with Gasteiger partial charge in [0.05, 0.1) is 13.2 Å². The maximum absolute atomic E-state index is 12.5. The number of aromatic nitrogens is 2. The second-order valence-corrected chi connectivity index (χ2v) is 5.23. The topological polar surface area (TPSA) is 110 Å². The van der Waals surface area contributed by atoms with Gasteiger partial charge in [-0.3, -0.25) is 9.59 Å². The zero-order valence-electron chi connectivity index (χ0n) is 12.9. The van der Waals surface area contributed by atoms with E-state index in [2.05, 4.69) is 15.3 Å². The molecule has 1 aromatic heterocycles. The number of nitrogen functional groups attached to an aromatic ring is 1. The molecule has 3 N–H and O–H groups in total. The molecule has 0 spiro atoms. The summed E-state index contributed by atoms with van der Waals surface area (Å²) in [5, 5.41) is 2.68. The molecule has 0 saturated carbocycles. The molecule has 124 valence electrons. The van der Waals surface area contributed by atoms with E-state index in [0.29, 0.717) is 37.6 Å². The predicted octanol–water partition coefficient (Wildman–Crippen LogP) is 0.783. The molecule has 2 aromatic rings. The van der Waals surface area contributed by atoms with Crippen LogP contribution in [0, 0.1) is 0 Å². The first-order valence-corrected chi connectivity index (χ1v) is 7.50. The fourth-order valence-corrected chi connectivity index (χ4v) is 2.39. The molecule has 0 radical (unpaired) electrons. The zero-order chi connectivity index (χ0) is 16.9. The van der Waals surface area contributed by atoms with Crippen molar-refractivity contribution in [2.45, 2.75) is 0 Å². The maximum Gasteiger partial charge on any atom is 0.278 e. The van der Waals surface area contributed by atoms with Crippen LogP contribution >= 0.6 is 0 Å². The van der Waals surface area contributed by atoms with Crippen LogP contribution in [0.25, 0.3) is 0 Å². The number of hydrogen-bond acceptors (Lipinski definition) is 6. The molecule has 1 aliphatic rings. The van der Waals surface area contributed by atoms with E-state index in [4.69, 9.17) is 10.5 Å². The van der Waals surface area contributed by atoms with Crippen LogP contribution < -0.4 is 11.1 Å². The van der Waals surface area contributed by atoms with Crippen LogP contribution in [0.1, 0.15) is 20.8 Å². The van der Waals surface area contributed by atoms with E-state index in [9.17, 15) is 9.59 Å². The van der Waals surface area contributed by atoms with Gasteiger partial charge < -0.3 is 20.7 Å². The number of nitrogens with zero attached hydrogens (tertiary/aromatic N) is 3. The van der Waals surface area contributed by atoms with Crippen molar-refractivity contribution in [2.24, 2.45) is 0 Å². The van der Waals surface area contributed by atoms with E-state index in [1.807, 2.05) is 0 Å². The smallest absolute Gasteiger partial charge is 0.278 e. The Morgan fingerprint density at radius 3 is 2.67 bits per heavy atom. The van der Waals surface area contributed by atoms with E-state index in [1.54, 1.807) is 29.2 Å². The van der Waals surface area contributed by atoms with Crippen molar-refractivity contribution in [2.75, 3.05) is 37.4 Å². The van der Waals surface area contributed by atoms with Crippen LogP contribution in [0.3, 0.4) is 0 Å². The Morgan fingerprint density at radius 1 is 1.17 bits per heavy atom. The average Bonchev–Trinajstić information content (AvgIpc) is 2.62. The number of amides is 2. The van der Waals surface area contributed by atoms with Crippen molar-refractivity contribution < 1.29 is 14.3 Å². The van der Waals surface area contributed by atoms with Crippen molar-refractivity contribution >= 4 is 23.3 Å². The number of carbonyl (C=O) groups excluding carboxylic acids is 2. The molecule has 0 aliphatic carbocycles. The van der Waals surface area contributed by atoms with Gasteiger partial charge in [-0.1, -0.05) is 6.07 Å². The fourth-order valence-electron chi connectivity index (χ4n) is 2.39. The van der Waals surface area contributed by atoms with Crippen molar-refractivity contribution in [1.82, 2.24) is 14.9 Å². The first-order chi connectivity index (χ1) is 11.6. The van der Waals surface area contributed by atoms with Crippen LogP contribution in [0.4, 0.5) is 11.5 Å². The lowest BCUT2D eigenvalue weighted by molar-refractivity contribution is 0.0303. The average molecular weight is 327 g/mol. The third-order valence-corrected chi connectivity index (χ3v) is 3.61. The molecule has 8 heteroatoms. The first-order valence-electron chi connectivity index (χ1n) is 7.50. The standard InChI is InChI=1S/C16H17N5O3/c17-14-13(18-4-5-19-14)15(22)20-12-3-1-2-11(10-12)16(23)21-6-8-24-9-7-21/h1-5,10H,6-9H2,(H2,17,19)(H,20,22). The number of nitrogens with two attached hydrogens (primary N) is 1. The summed E-state index contributed by atoms with van der Waals surface area (Å²) in [7, 11) is 0. The maximum atomic E-state index is 12.5. The second-order valence-electron chi connectivity index (χ2n) is 5.23. The third-order valence-electron chi connectivity index (χ3n) is 3.61. The van der Waals surface area contributed by atoms with Gasteiger partial charge in [0.15, 0.2) is 11.5 Å². The Hall–Kier alpha value is -3.00. The molecule has 2 amide bonds. The molecule has 24 heavy (non-hydrogen) atoms. The number of benzene rings is 1. The number of hydrogen-bond donors (Lipinski definition) is 2. The lowest BCUT2D eigenvalue weighted by atomic mass is 10.1. The molecule has 1 fully saturated rings. The summed E-state index contributed by atoms with van der Waals surface area (Å²) >= 11 is 0. The van der Waals surface area contributed by atoms with E-state index in [0.717, 1.165) is 0 Å². The van der Waals surface area contributed by atoms with Gasteiger partial charge in [0, 0.05) is 36.7 Å². The molecular formula is C16H17N5O3. The molecule has 0 bridgehead atoms. The fraction of sp³-hybridized carbons (Fsp3) is 0.250. The Labute approximate surface area is 138 Å². The number of anilines is 2. The third kappa shape index (κ3) is 3.49. The monoisotopic (exact) mass is 327 g/mol. The minimum Gasteiger partial charge on any atom is -0.382 e. The van der Waals surface area contributed by atoms with E-state index in [-0.39, 0.29) is 17.4 Å². The predicted molar refractivity (Wildman–Crippen MR) is 87.6 cm³/mol. The van der Waals surface area contributed by atoms with Crippen molar-refractivity contribution in [1.29, 1.82) is 0 Å². The molecular weight excluding hydrogens is 310 g/mol. The lowest BCUT2D eigenvalue weighted by Crippen LogP contribution is -2.40. The van der Waals surface area contributed by atoms with Gasteiger partial charge in [0.25, 0.3) is 11.8 Å². The van der Waals surface area contributed by atoms with Crippen LogP contribution in [0.2, 0.25) is 0 Å². The van der Waals surface area contributed by atoms with Crippen LogP contribution in [-0.4, -0.2) is 53.0 Å². The van der Waals surface area contributed by atoms with Crippen molar-refractivity contribution in [3.05, 3.63) is 47.9 Å². The Balaban J connectivity index is 1.74. The van der Waals surface area contributed by atoms with Gasteiger partial charge in [-0.15, -0.1) is 0 Å². The number of rotatable bonds is 3. The SMILES string of the molecule is Nc1nccnc1C(=O)Nc1cccc(C(=O)N2CCOCC2)c1. The van der Waals surface area contributed by atoms with Gasteiger partial charge in [0.2, 0.25) is 0 Å². The van der Waals surface area contributed by atoms with Gasteiger partial charge in [-0.2, -0.15) is 0 Å². The molecule has 1 saturated heterocycles. The lowest BCUT2D eigenvalue weighted by Gasteiger charge is -2.27. The molecule has 2 heterocycles. The highest BCUT2D eigenvalue weighted by molar-refractivity contribution is 6.06. The summed E-state index contributed by atoms with van der Waals surface area (Å²) < 4.78 is 5.25. The number of morpholine rings is 1. The summed E-state index contributed by atoms with van der Waals surface area (Å²) in [5.41, 5.74) is 6.68. The zero-order valence-corrected chi connectivity index (χ0v) is 12.9.